The van der Waals surface area contributed by atoms with Crippen LogP contribution in [0, 0.1) is 6.92 Å². The number of rotatable bonds is 6. The molecule has 1 fully saturated rings. The van der Waals surface area contributed by atoms with Crippen LogP contribution in [0.15, 0.2) is 53.4 Å². The lowest BCUT2D eigenvalue weighted by Gasteiger charge is -2.34. The van der Waals surface area contributed by atoms with Crippen LogP contribution in [0.5, 0.6) is 0 Å². The first-order valence-corrected chi connectivity index (χ1v) is 11.3. The first kappa shape index (κ1) is 20.8. The number of nitrogens with one attached hydrogen (secondary N) is 1. The zero-order valence-electron chi connectivity index (χ0n) is 15.9. The average Bonchev–Trinajstić information content (AvgIpc) is 2.68. The zero-order chi connectivity index (χ0) is 20.1. The second-order valence-corrected chi connectivity index (χ2v) is 9.51. The van der Waals surface area contributed by atoms with Gasteiger partial charge in [0.2, 0.25) is 15.9 Å². The molecule has 1 aliphatic heterocycles. The molecule has 1 amide bonds. The van der Waals surface area contributed by atoms with Gasteiger partial charge in [0.15, 0.2) is 0 Å². The molecule has 0 aliphatic carbocycles. The molecule has 1 atom stereocenters. The third-order valence-corrected chi connectivity index (χ3v) is 7.24. The summed E-state index contributed by atoms with van der Waals surface area (Å²) in [6, 6.07) is 13.8. The van der Waals surface area contributed by atoms with Gasteiger partial charge in [-0.25, -0.2) is 8.42 Å². The van der Waals surface area contributed by atoms with E-state index in [0.717, 1.165) is 24.0 Å². The molecule has 28 heavy (non-hydrogen) atoms. The van der Waals surface area contributed by atoms with Gasteiger partial charge in [-0.15, -0.1) is 0 Å². The van der Waals surface area contributed by atoms with Crippen LogP contribution in [0.1, 0.15) is 36.8 Å². The Morgan fingerprint density at radius 3 is 2.46 bits per heavy atom. The van der Waals surface area contributed by atoms with Crippen LogP contribution < -0.4 is 5.32 Å². The molecule has 2 aromatic carbocycles. The summed E-state index contributed by atoms with van der Waals surface area (Å²) in [4.78, 5) is 12.7. The van der Waals surface area contributed by atoms with E-state index in [1.165, 1.54) is 4.31 Å². The highest BCUT2D eigenvalue weighted by Gasteiger charge is 2.34. The highest BCUT2D eigenvalue weighted by atomic mass is 35.5. The Balaban J connectivity index is 1.66. The summed E-state index contributed by atoms with van der Waals surface area (Å²) in [6.45, 7) is 2.77. The predicted molar refractivity (Wildman–Crippen MR) is 111 cm³/mol. The summed E-state index contributed by atoms with van der Waals surface area (Å²) >= 11 is 5.87. The maximum atomic E-state index is 13.1. The zero-order valence-corrected chi connectivity index (χ0v) is 17.5. The van der Waals surface area contributed by atoms with Crippen LogP contribution in [0.3, 0.4) is 0 Å². The largest absolute Gasteiger partial charge is 0.352 e. The Labute approximate surface area is 171 Å². The summed E-state index contributed by atoms with van der Waals surface area (Å²) in [5, 5.41) is 3.53. The van der Waals surface area contributed by atoms with Crippen molar-refractivity contribution in [1.82, 2.24) is 9.62 Å². The number of sulfonamides is 1. The molecule has 0 saturated carbocycles. The van der Waals surface area contributed by atoms with E-state index >= 15 is 0 Å². The van der Waals surface area contributed by atoms with Gasteiger partial charge in [0.25, 0.3) is 0 Å². The molecule has 7 heteroatoms. The highest BCUT2D eigenvalue weighted by molar-refractivity contribution is 7.89. The van der Waals surface area contributed by atoms with E-state index in [-0.39, 0.29) is 23.3 Å². The Morgan fingerprint density at radius 1 is 1.11 bits per heavy atom. The highest BCUT2D eigenvalue weighted by Crippen LogP contribution is 2.27. The van der Waals surface area contributed by atoms with Crippen molar-refractivity contribution in [2.24, 2.45) is 0 Å². The predicted octanol–water partition coefficient (Wildman–Crippen LogP) is 3.90. The summed E-state index contributed by atoms with van der Waals surface area (Å²) in [5.41, 5.74) is 1.96. The van der Waals surface area contributed by atoms with E-state index in [1.54, 1.807) is 36.4 Å². The van der Waals surface area contributed by atoms with Crippen LogP contribution in [-0.2, 0) is 21.4 Å². The number of carbonyl (C=O) groups is 1. The van der Waals surface area contributed by atoms with Crippen LogP contribution in [0.2, 0.25) is 5.02 Å². The van der Waals surface area contributed by atoms with E-state index in [2.05, 4.69) is 5.32 Å². The van der Waals surface area contributed by atoms with Gasteiger partial charge in [-0.2, -0.15) is 4.31 Å². The van der Waals surface area contributed by atoms with Crippen LogP contribution in [-0.4, -0.2) is 31.2 Å². The Bertz CT molecular complexity index is 912. The molecule has 5 nitrogen and oxygen atoms in total. The topological polar surface area (TPSA) is 66.5 Å². The molecule has 0 aromatic heterocycles. The van der Waals surface area contributed by atoms with Crippen molar-refractivity contribution in [3.63, 3.8) is 0 Å². The molecule has 3 rings (SSSR count). The van der Waals surface area contributed by atoms with Gasteiger partial charge < -0.3 is 5.32 Å². The number of piperidine rings is 1. The van der Waals surface area contributed by atoms with Crippen molar-refractivity contribution >= 4 is 27.5 Å². The molecular formula is C21H25ClN2O3S. The van der Waals surface area contributed by atoms with Crippen molar-refractivity contribution < 1.29 is 13.2 Å². The van der Waals surface area contributed by atoms with Crippen LogP contribution in [0.25, 0.3) is 0 Å². The minimum absolute atomic E-state index is 0.147. The van der Waals surface area contributed by atoms with Gasteiger partial charge in [-0.3, -0.25) is 4.79 Å². The van der Waals surface area contributed by atoms with Crippen molar-refractivity contribution in [1.29, 1.82) is 0 Å². The van der Waals surface area contributed by atoms with Gasteiger partial charge in [0.05, 0.1) is 4.90 Å². The summed E-state index contributed by atoms with van der Waals surface area (Å²) in [5.74, 6) is -0.147. The van der Waals surface area contributed by atoms with Crippen molar-refractivity contribution in [2.75, 3.05) is 6.54 Å². The monoisotopic (exact) mass is 420 g/mol. The third-order valence-electron chi connectivity index (χ3n) is 5.02. The molecular weight excluding hydrogens is 396 g/mol. The smallest absolute Gasteiger partial charge is 0.243 e. The third kappa shape index (κ3) is 5.13. The number of hydrogen-bond donors (Lipinski definition) is 1. The first-order chi connectivity index (χ1) is 13.4. The molecule has 0 unspecified atom stereocenters. The molecule has 0 spiro atoms. The Morgan fingerprint density at radius 2 is 1.79 bits per heavy atom. The molecule has 1 aliphatic rings. The molecule has 0 radical (unpaired) electrons. The van der Waals surface area contributed by atoms with E-state index in [4.69, 9.17) is 11.6 Å². The van der Waals surface area contributed by atoms with Gasteiger partial charge in [0.1, 0.15) is 0 Å². The van der Waals surface area contributed by atoms with Gasteiger partial charge in [-0.05, 0) is 49.6 Å². The lowest BCUT2D eigenvalue weighted by Crippen LogP contribution is -2.45. The standard InChI is InChI=1S/C21H25ClN2O3S/c1-16-5-11-20(12-6-16)28(26,27)24-13-3-2-4-19(24)14-21(25)23-15-17-7-9-18(22)10-8-17/h5-12,19H,2-4,13-15H2,1H3,(H,23,25)/t19-/m0/s1. The fourth-order valence-corrected chi connectivity index (χ4v) is 5.25. The number of nitrogens with zero attached hydrogens (tertiary/aromatic N) is 1. The van der Waals surface area contributed by atoms with E-state index in [1.807, 2.05) is 19.1 Å². The summed E-state index contributed by atoms with van der Waals surface area (Å²) in [7, 11) is -3.61. The Hall–Kier alpha value is -1.89. The fraction of sp³-hybridized carbons (Fsp3) is 0.381. The fourth-order valence-electron chi connectivity index (χ4n) is 3.43. The number of halogens is 1. The number of benzene rings is 2. The summed E-state index contributed by atoms with van der Waals surface area (Å²) < 4.78 is 27.7. The quantitative estimate of drug-likeness (QED) is 0.770. The normalized spacial score (nSPS) is 18.0. The molecule has 2 aromatic rings. The van der Waals surface area contributed by atoms with Crippen molar-refractivity contribution in [2.45, 2.75) is 50.1 Å². The molecule has 1 N–H and O–H groups in total. The summed E-state index contributed by atoms with van der Waals surface area (Å²) in [6.07, 6.45) is 2.60. The SMILES string of the molecule is Cc1ccc(S(=O)(=O)N2CCCC[C@H]2CC(=O)NCc2ccc(Cl)cc2)cc1. The average molecular weight is 421 g/mol. The second kappa shape index (κ2) is 9.07. The van der Waals surface area contributed by atoms with Gasteiger partial charge in [-0.1, -0.05) is 47.9 Å². The molecule has 150 valence electrons. The number of amides is 1. The number of hydrogen-bond acceptors (Lipinski definition) is 3. The number of aryl methyl sites for hydroxylation is 1. The minimum atomic E-state index is -3.61. The van der Waals surface area contributed by atoms with Crippen LogP contribution in [0.4, 0.5) is 0 Å². The van der Waals surface area contributed by atoms with Crippen molar-refractivity contribution in [3.05, 3.63) is 64.7 Å². The molecule has 1 saturated heterocycles. The van der Waals surface area contributed by atoms with Gasteiger partial charge in [0, 0.05) is 30.6 Å². The first-order valence-electron chi connectivity index (χ1n) is 9.46. The second-order valence-electron chi connectivity index (χ2n) is 7.19. The number of carbonyl (C=O) groups excluding carboxylic acids is 1. The van der Waals surface area contributed by atoms with Gasteiger partial charge >= 0.3 is 0 Å². The molecule has 0 bridgehead atoms. The minimum Gasteiger partial charge on any atom is -0.352 e. The van der Waals surface area contributed by atoms with Crippen LogP contribution >= 0.6 is 11.6 Å². The maximum Gasteiger partial charge on any atom is 0.243 e. The lowest BCUT2D eigenvalue weighted by atomic mass is 10.0. The molecule has 1 heterocycles. The maximum absolute atomic E-state index is 13.1. The van der Waals surface area contributed by atoms with E-state index in [0.29, 0.717) is 24.5 Å². The van der Waals surface area contributed by atoms with E-state index in [9.17, 15) is 13.2 Å². The van der Waals surface area contributed by atoms with Crippen molar-refractivity contribution in [3.8, 4) is 0 Å². The van der Waals surface area contributed by atoms with E-state index < -0.39 is 10.0 Å². The Kier molecular flexibility index (Phi) is 6.75. The lowest BCUT2D eigenvalue weighted by molar-refractivity contribution is -0.122.